The van der Waals surface area contributed by atoms with Crippen molar-refractivity contribution in [3.63, 3.8) is 0 Å². The Labute approximate surface area is 200 Å². The van der Waals surface area contributed by atoms with Gasteiger partial charge in [0.25, 0.3) is 0 Å². The molecule has 1 saturated carbocycles. The van der Waals surface area contributed by atoms with Gasteiger partial charge in [0, 0.05) is 16.2 Å². The number of carbonyl (C=O) groups excluding carboxylic acids is 1. The molecule has 0 spiro atoms. The van der Waals surface area contributed by atoms with E-state index in [1.807, 2.05) is 58.9 Å². The summed E-state index contributed by atoms with van der Waals surface area (Å²) in [6.45, 7) is 9.31. The number of nitrogens with one attached hydrogen (secondary N) is 1. The van der Waals surface area contributed by atoms with E-state index in [2.05, 4.69) is 21.2 Å². The minimum absolute atomic E-state index is 0.160. The number of anilines is 1. The van der Waals surface area contributed by atoms with Crippen LogP contribution in [-0.4, -0.2) is 31.2 Å². The number of hydrogen-bond donors (Lipinski definition) is 1. The fourth-order valence-electron chi connectivity index (χ4n) is 4.90. The molecule has 1 aliphatic carbocycles. The van der Waals surface area contributed by atoms with Crippen LogP contribution in [0.2, 0.25) is 0 Å². The van der Waals surface area contributed by atoms with E-state index < -0.39 is 10.0 Å². The fourth-order valence-corrected chi connectivity index (χ4v) is 7.64. The molecule has 32 heavy (non-hydrogen) atoms. The van der Waals surface area contributed by atoms with Gasteiger partial charge in [-0.1, -0.05) is 52.9 Å². The Bertz CT molecular complexity index is 1080. The molecule has 7 heteroatoms. The van der Waals surface area contributed by atoms with Crippen molar-refractivity contribution >= 4 is 37.5 Å². The number of aryl methyl sites for hydroxylation is 5. The standard InChI is InChI=1S/C25H33BrN2O3S/c1-16-11-19(4)25(20(5)12-16)32(30,31)28(22-9-7-6-8-10-22)15-23(29)27-24-17(2)13-21(26)14-18(24)3/h11-14,22H,6-10,15H2,1-5H3,(H,27,29). The molecule has 0 atom stereocenters. The molecule has 2 aromatic carbocycles. The van der Waals surface area contributed by atoms with Crippen LogP contribution in [0.1, 0.15) is 59.9 Å². The lowest BCUT2D eigenvalue weighted by Crippen LogP contribution is -2.46. The van der Waals surface area contributed by atoms with E-state index in [4.69, 9.17) is 0 Å². The first-order chi connectivity index (χ1) is 15.0. The summed E-state index contributed by atoms with van der Waals surface area (Å²) in [7, 11) is -3.83. The number of rotatable bonds is 6. The van der Waals surface area contributed by atoms with Crippen molar-refractivity contribution in [1.29, 1.82) is 0 Å². The second-order valence-electron chi connectivity index (χ2n) is 9.03. The van der Waals surface area contributed by atoms with Gasteiger partial charge in [-0.15, -0.1) is 0 Å². The van der Waals surface area contributed by atoms with E-state index in [0.29, 0.717) is 4.90 Å². The Morgan fingerprint density at radius 2 is 1.47 bits per heavy atom. The second-order valence-corrected chi connectivity index (χ2v) is 11.8. The monoisotopic (exact) mass is 520 g/mol. The number of carbonyl (C=O) groups is 1. The predicted octanol–water partition coefficient (Wildman–Crippen LogP) is 5.95. The van der Waals surface area contributed by atoms with Crippen molar-refractivity contribution in [2.24, 2.45) is 0 Å². The maximum atomic E-state index is 13.9. The van der Waals surface area contributed by atoms with E-state index in [1.54, 1.807) is 0 Å². The summed E-state index contributed by atoms with van der Waals surface area (Å²) >= 11 is 3.48. The van der Waals surface area contributed by atoms with E-state index in [0.717, 1.165) is 70.1 Å². The first kappa shape index (κ1) is 24.9. The van der Waals surface area contributed by atoms with Crippen molar-refractivity contribution < 1.29 is 13.2 Å². The summed E-state index contributed by atoms with van der Waals surface area (Å²) in [5.74, 6) is -0.310. The Balaban J connectivity index is 1.96. The van der Waals surface area contributed by atoms with Gasteiger partial charge in [0.2, 0.25) is 15.9 Å². The van der Waals surface area contributed by atoms with Gasteiger partial charge in [0.05, 0.1) is 11.4 Å². The molecule has 0 aliphatic heterocycles. The molecule has 0 unspecified atom stereocenters. The van der Waals surface area contributed by atoms with Gasteiger partial charge in [-0.3, -0.25) is 4.79 Å². The van der Waals surface area contributed by atoms with Crippen molar-refractivity contribution in [2.75, 3.05) is 11.9 Å². The summed E-state index contributed by atoms with van der Waals surface area (Å²) in [6.07, 6.45) is 4.64. The number of nitrogens with zero attached hydrogens (tertiary/aromatic N) is 1. The van der Waals surface area contributed by atoms with Gasteiger partial charge in [-0.05, 0) is 81.8 Å². The SMILES string of the molecule is Cc1cc(C)c(S(=O)(=O)N(CC(=O)Nc2c(C)cc(Br)cc2C)C2CCCCC2)c(C)c1. The third kappa shape index (κ3) is 5.43. The first-order valence-electron chi connectivity index (χ1n) is 11.2. The van der Waals surface area contributed by atoms with Crippen molar-refractivity contribution in [1.82, 2.24) is 4.31 Å². The zero-order valence-corrected chi connectivity index (χ0v) is 22.0. The molecule has 0 radical (unpaired) electrons. The maximum Gasteiger partial charge on any atom is 0.244 e. The van der Waals surface area contributed by atoms with E-state index >= 15 is 0 Å². The number of benzene rings is 2. The molecule has 1 fully saturated rings. The minimum atomic E-state index is -3.83. The molecule has 5 nitrogen and oxygen atoms in total. The quantitative estimate of drug-likeness (QED) is 0.511. The molecular formula is C25H33BrN2O3S. The highest BCUT2D eigenvalue weighted by Crippen LogP contribution is 2.32. The summed E-state index contributed by atoms with van der Waals surface area (Å²) in [5, 5.41) is 2.97. The highest BCUT2D eigenvalue weighted by molar-refractivity contribution is 9.10. The van der Waals surface area contributed by atoms with Crippen molar-refractivity contribution in [3.8, 4) is 0 Å². The van der Waals surface area contributed by atoms with Gasteiger partial charge in [-0.25, -0.2) is 8.42 Å². The number of hydrogen-bond acceptors (Lipinski definition) is 3. The zero-order chi connectivity index (χ0) is 23.6. The molecule has 174 valence electrons. The van der Waals surface area contributed by atoms with E-state index in [9.17, 15) is 13.2 Å². The van der Waals surface area contributed by atoms with Gasteiger partial charge in [-0.2, -0.15) is 4.31 Å². The number of halogens is 1. The van der Waals surface area contributed by atoms with Crippen LogP contribution in [0, 0.1) is 34.6 Å². The molecule has 0 aromatic heterocycles. The third-order valence-corrected chi connectivity index (χ3v) is 8.88. The second kappa shape index (κ2) is 10.1. The largest absolute Gasteiger partial charge is 0.324 e. The van der Waals surface area contributed by atoms with Crippen LogP contribution in [0.4, 0.5) is 5.69 Å². The van der Waals surface area contributed by atoms with Crippen LogP contribution >= 0.6 is 15.9 Å². The molecule has 0 heterocycles. The third-order valence-electron chi connectivity index (χ3n) is 6.21. The van der Waals surface area contributed by atoms with Crippen LogP contribution in [0.25, 0.3) is 0 Å². The zero-order valence-electron chi connectivity index (χ0n) is 19.6. The average Bonchev–Trinajstić information content (AvgIpc) is 2.68. The first-order valence-corrected chi connectivity index (χ1v) is 13.4. The van der Waals surface area contributed by atoms with Gasteiger partial charge in [0.15, 0.2) is 0 Å². The molecule has 3 rings (SSSR count). The van der Waals surface area contributed by atoms with Crippen LogP contribution in [0.5, 0.6) is 0 Å². The van der Waals surface area contributed by atoms with Crippen molar-refractivity contribution in [2.45, 2.75) is 77.7 Å². The maximum absolute atomic E-state index is 13.9. The van der Waals surface area contributed by atoms with E-state index in [-0.39, 0.29) is 18.5 Å². The number of sulfonamides is 1. The van der Waals surface area contributed by atoms with Crippen LogP contribution < -0.4 is 5.32 Å². The lowest BCUT2D eigenvalue weighted by Gasteiger charge is -2.34. The normalized spacial score (nSPS) is 15.2. The highest BCUT2D eigenvalue weighted by atomic mass is 79.9. The summed E-state index contributed by atoms with van der Waals surface area (Å²) in [5.41, 5.74) is 5.08. The Morgan fingerprint density at radius 3 is 2.00 bits per heavy atom. The predicted molar refractivity (Wildman–Crippen MR) is 134 cm³/mol. The molecule has 1 N–H and O–H groups in total. The van der Waals surface area contributed by atoms with Gasteiger partial charge in [0.1, 0.15) is 0 Å². The lowest BCUT2D eigenvalue weighted by atomic mass is 9.95. The smallest absolute Gasteiger partial charge is 0.244 e. The average molecular weight is 522 g/mol. The van der Waals surface area contributed by atoms with E-state index in [1.165, 1.54) is 4.31 Å². The molecule has 0 bridgehead atoms. The van der Waals surface area contributed by atoms with Crippen LogP contribution in [0.3, 0.4) is 0 Å². The highest BCUT2D eigenvalue weighted by Gasteiger charge is 2.35. The Kier molecular flexibility index (Phi) is 7.84. The topological polar surface area (TPSA) is 66.5 Å². The van der Waals surface area contributed by atoms with Gasteiger partial charge < -0.3 is 5.32 Å². The molecule has 1 aliphatic rings. The summed E-state index contributed by atoms with van der Waals surface area (Å²) < 4.78 is 30.2. The summed E-state index contributed by atoms with van der Waals surface area (Å²) in [6, 6.07) is 7.52. The van der Waals surface area contributed by atoms with Crippen molar-refractivity contribution in [3.05, 3.63) is 56.6 Å². The fraction of sp³-hybridized carbons (Fsp3) is 0.480. The minimum Gasteiger partial charge on any atom is -0.324 e. The Morgan fingerprint density at radius 1 is 0.938 bits per heavy atom. The molecule has 2 aromatic rings. The van der Waals surface area contributed by atoms with Gasteiger partial charge >= 0.3 is 0 Å². The Hall–Kier alpha value is -1.70. The van der Waals surface area contributed by atoms with Crippen LogP contribution in [-0.2, 0) is 14.8 Å². The number of amides is 1. The van der Waals surface area contributed by atoms with Crippen LogP contribution in [0.15, 0.2) is 33.6 Å². The lowest BCUT2D eigenvalue weighted by molar-refractivity contribution is -0.116. The molecule has 1 amide bonds. The molecular weight excluding hydrogens is 488 g/mol. The molecule has 0 saturated heterocycles. The summed E-state index contributed by atoms with van der Waals surface area (Å²) in [4.78, 5) is 13.5.